The molecule has 0 bridgehead atoms. The Balaban J connectivity index is 2.32. The number of alkyl carbamates (subject to hydrolysis) is 1. The molecule has 0 aliphatic carbocycles. The van der Waals surface area contributed by atoms with Crippen molar-refractivity contribution in [3.63, 3.8) is 0 Å². The molecule has 2 aromatic rings. The van der Waals surface area contributed by atoms with Gasteiger partial charge in [0, 0.05) is 17.1 Å². The number of hydrogen-bond donors (Lipinski definition) is 5. The largest absolute Gasteiger partial charge is 0.466 e. The van der Waals surface area contributed by atoms with Crippen molar-refractivity contribution < 1.29 is 33.8 Å². The van der Waals surface area contributed by atoms with Gasteiger partial charge in [-0.25, -0.2) is 4.79 Å². The van der Waals surface area contributed by atoms with E-state index in [4.69, 9.17) is 9.47 Å². The Morgan fingerprint density at radius 3 is 2.07 bits per heavy atom. The Hall–Kier alpha value is -3.60. The molecule has 0 fully saturated rings. The highest BCUT2D eigenvalue weighted by atomic mass is 16.6. The summed E-state index contributed by atoms with van der Waals surface area (Å²) in [5.41, 5.74) is 1.01. The second-order valence-corrected chi connectivity index (χ2v) is 12.1. The van der Waals surface area contributed by atoms with Crippen LogP contribution in [-0.2, 0) is 30.3 Å². The molecule has 0 saturated carbocycles. The number of carbonyl (C=O) groups is 4. The van der Waals surface area contributed by atoms with Gasteiger partial charge < -0.3 is 35.5 Å². The number of para-hydroxylation sites is 1. The molecule has 0 aliphatic rings. The number of aromatic nitrogens is 1. The van der Waals surface area contributed by atoms with Gasteiger partial charge in [0.05, 0.1) is 25.2 Å². The lowest BCUT2D eigenvalue weighted by molar-refractivity contribution is -0.146. The topological polar surface area (TPSA) is 159 Å². The summed E-state index contributed by atoms with van der Waals surface area (Å²) in [6.45, 7) is 14.5. The third-order valence-corrected chi connectivity index (χ3v) is 7.55. The van der Waals surface area contributed by atoms with E-state index >= 15 is 0 Å². The minimum Gasteiger partial charge on any atom is -0.466 e. The van der Waals surface area contributed by atoms with Crippen LogP contribution in [0.2, 0.25) is 0 Å². The van der Waals surface area contributed by atoms with Crippen LogP contribution in [-0.4, -0.2) is 70.4 Å². The van der Waals surface area contributed by atoms with E-state index in [1.54, 1.807) is 27.7 Å². The molecule has 5 unspecified atom stereocenters. The van der Waals surface area contributed by atoms with Crippen molar-refractivity contribution in [2.24, 2.45) is 11.8 Å². The van der Waals surface area contributed by atoms with Crippen LogP contribution in [0.4, 0.5) is 4.79 Å². The maximum atomic E-state index is 13.8. The van der Waals surface area contributed by atoms with Crippen LogP contribution >= 0.6 is 0 Å². The fourth-order valence-electron chi connectivity index (χ4n) is 4.71. The molecular weight excluding hydrogens is 552 g/mol. The van der Waals surface area contributed by atoms with Crippen LogP contribution in [0.3, 0.4) is 0 Å². The average Bonchev–Trinajstić information content (AvgIpc) is 3.35. The molecule has 1 heterocycles. The maximum absolute atomic E-state index is 13.8. The molecule has 5 N–H and O–H groups in total. The number of aromatic amines is 1. The van der Waals surface area contributed by atoms with Crippen molar-refractivity contribution >= 4 is 34.8 Å². The number of rotatable bonds is 15. The van der Waals surface area contributed by atoms with Gasteiger partial charge in [-0.2, -0.15) is 0 Å². The zero-order valence-electron chi connectivity index (χ0n) is 26.8. The number of amides is 3. The minimum atomic E-state index is -1.24. The average molecular weight is 603 g/mol. The summed E-state index contributed by atoms with van der Waals surface area (Å²) in [5.74, 6) is -2.12. The molecule has 6 atom stereocenters. The monoisotopic (exact) mass is 602 g/mol. The van der Waals surface area contributed by atoms with Gasteiger partial charge in [0.15, 0.2) is 0 Å². The van der Waals surface area contributed by atoms with Crippen LogP contribution in [0.25, 0.3) is 10.9 Å². The summed E-state index contributed by atoms with van der Waals surface area (Å²) < 4.78 is 10.4. The van der Waals surface area contributed by atoms with Crippen molar-refractivity contribution in [3.8, 4) is 0 Å². The van der Waals surface area contributed by atoms with E-state index in [1.807, 2.05) is 58.2 Å². The highest BCUT2D eigenvalue weighted by Crippen LogP contribution is 2.21. The van der Waals surface area contributed by atoms with Gasteiger partial charge in [-0.15, -0.1) is 0 Å². The van der Waals surface area contributed by atoms with E-state index in [2.05, 4.69) is 20.9 Å². The summed E-state index contributed by atoms with van der Waals surface area (Å²) in [5, 5.41) is 20.4. The smallest absolute Gasteiger partial charge is 0.408 e. The number of H-pyrrole nitrogens is 1. The van der Waals surface area contributed by atoms with Crippen LogP contribution < -0.4 is 16.0 Å². The molecule has 1 aromatic heterocycles. The Labute approximate surface area is 254 Å². The van der Waals surface area contributed by atoms with Gasteiger partial charge in [-0.1, -0.05) is 58.7 Å². The van der Waals surface area contributed by atoms with Gasteiger partial charge in [0.1, 0.15) is 17.7 Å². The van der Waals surface area contributed by atoms with E-state index in [-0.39, 0.29) is 31.3 Å². The van der Waals surface area contributed by atoms with E-state index in [0.29, 0.717) is 12.8 Å². The molecule has 0 spiro atoms. The molecule has 2 rings (SSSR count). The summed E-state index contributed by atoms with van der Waals surface area (Å²) in [6, 6.07) is 4.91. The molecule has 0 saturated heterocycles. The van der Waals surface area contributed by atoms with E-state index in [0.717, 1.165) is 16.5 Å². The van der Waals surface area contributed by atoms with Gasteiger partial charge in [0.2, 0.25) is 11.8 Å². The SMILES string of the molecule is CCOC(=O)CC(O)[C@H](Cc1c[nH]c2ccccc12)NC(=O)C(NC(=O)C(NC(=O)OC(C)(C)C)C(C)CC)C(C)CC. The first-order chi connectivity index (χ1) is 20.2. The van der Waals surface area contributed by atoms with E-state index in [1.165, 1.54) is 0 Å². The summed E-state index contributed by atoms with van der Waals surface area (Å²) in [6.07, 6.45) is 0.939. The third-order valence-electron chi connectivity index (χ3n) is 7.55. The molecule has 3 amide bonds. The van der Waals surface area contributed by atoms with Crippen LogP contribution in [0.15, 0.2) is 30.5 Å². The number of aliphatic hydroxyl groups is 1. The Kier molecular flexibility index (Phi) is 13.5. The predicted molar refractivity (Wildman–Crippen MR) is 165 cm³/mol. The Bertz CT molecular complexity index is 1220. The fourth-order valence-corrected chi connectivity index (χ4v) is 4.71. The lowest BCUT2D eigenvalue weighted by atomic mass is 9.93. The number of nitrogens with one attached hydrogen (secondary N) is 4. The number of aliphatic hydroxyl groups excluding tert-OH is 1. The Morgan fingerprint density at radius 2 is 1.49 bits per heavy atom. The van der Waals surface area contributed by atoms with Gasteiger partial charge in [-0.3, -0.25) is 14.4 Å². The van der Waals surface area contributed by atoms with Crippen molar-refractivity contribution in [3.05, 3.63) is 36.0 Å². The molecule has 1 aromatic carbocycles. The molecule has 0 aliphatic heterocycles. The van der Waals surface area contributed by atoms with Crippen LogP contribution in [0, 0.1) is 11.8 Å². The van der Waals surface area contributed by atoms with Gasteiger partial charge >= 0.3 is 12.1 Å². The number of ether oxygens (including phenoxy) is 2. The molecular formula is C32H50N4O7. The first kappa shape index (κ1) is 35.6. The Morgan fingerprint density at radius 1 is 0.907 bits per heavy atom. The summed E-state index contributed by atoms with van der Waals surface area (Å²) in [4.78, 5) is 55.3. The molecule has 11 nitrogen and oxygen atoms in total. The quantitative estimate of drug-likeness (QED) is 0.193. The highest BCUT2D eigenvalue weighted by Gasteiger charge is 2.35. The minimum absolute atomic E-state index is 0.168. The third kappa shape index (κ3) is 10.9. The number of carbonyl (C=O) groups excluding carboxylic acids is 4. The lowest BCUT2D eigenvalue weighted by Gasteiger charge is -2.31. The fraction of sp³-hybridized carbons (Fsp3) is 0.625. The number of fused-ring (bicyclic) bond motifs is 1. The number of esters is 1. The molecule has 0 radical (unpaired) electrons. The van der Waals surface area contributed by atoms with Gasteiger partial charge in [0.25, 0.3) is 0 Å². The molecule has 240 valence electrons. The van der Waals surface area contributed by atoms with Crippen molar-refractivity contribution in [2.45, 2.75) is 111 Å². The lowest BCUT2D eigenvalue weighted by Crippen LogP contribution is -2.59. The van der Waals surface area contributed by atoms with Crippen molar-refractivity contribution in [1.82, 2.24) is 20.9 Å². The van der Waals surface area contributed by atoms with Crippen molar-refractivity contribution in [2.75, 3.05) is 6.61 Å². The van der Waals surface area contributed by atoms with E-state index < -0.39 is 53.7 Å². The first-order valence-electron chi connectivity index (χ1n) is 15.2. The molecule has 11 heteroatoms. The predicted octanol–water partition coefficient (Wildman–Crippen LogP) is 3.98. The summed E-state index contributed by atoms with van der Waals surface area (Å²) >= 11 is 0. The second kappa shape index (κ2) is 16.3. The second-order valence-electron chi connectivity index (χ2n) is 12.1. The maximum Gasteiger partial charge on any atom is 0.408 e. The van der Waals surface area contributed by atoms with Gasteiger partial charge in [-0.05, 0) is 57.6 Å². The van der Waals surface area contributed by atoms with E-state index in [9.17, 15) is 24.3 Å². The standard InChI is InChI=1S/C32H50N4O7/c1-9-19(4)27(35-30(40)28(20(5)10-2)36-31(41)43-32(6,7)8)29(39)34-24(25(37)17-26(38)42-11-3)16-21-18-33-23-15-13-12-14-22(21)23/h12-15,18-20,24-25,27-28,33,37H,9-11,16-17H2,1-8H3,(H,34,39)(H,35,40)(H,36,41)/t19?,20?,24-,25?,27?,28?/m0/s1. The normalized spacial score (nSPS) is 15.8. The molecule has 43 heavy (non-hydrogen) atoms. The first-order valence-corrected chi connectivity index (χ1v) is 15.2. The zero-order chi connectivity index (χ0) is 32.3. The summed E-state index contributed by atoms with van der Waals surface area (Å²) in [7, 11) is 0. The van der Waals surface area contributed by atoms with Crippen LogP contribution in [0.5, 0.6) is 0 Å². The van der Waals surface area contributed by atoms with Crippen molar-refractivity contribution in [1.29, 1.82) is 0 Å². The highest BCUT2D eigenvalue weighted by molar-refractivity contribution is 5.92. The zero-order valence-corrected chi connectivity index (χ0v) is 26.8. The van der Waals surface area contributed by atoms with Crippen LogP contribution in [0.1, 0.15) is 80.2 Å². The number of hydrogen-bond acceptors (Lipinski definition) is 7. The number of benzene rings is 1.